The van der Waals surface area contributed by atoms with E-state index in [4.69, 9.17) is 4.74 Å². The smallest absolute Gasteiger partial charge is 0.223 e. The van der Waals surface area contributed by atoms with Gasteiger partial charge in [0.1, 0.15) is 5.60 Å². The maximum atomic E-state index is 12.8. The molecule has 136 valence electrons. The van der Waals surface area contributed by atoms with Crippen LogP contribution in [0.25, 0.3) is 10.9 Å². The van der Waals surface area contributed by atoms with Gasteiger partial charge in [0.15, 0.2) is 0 Å². The number of H-pyrrole nitrogens is 1. The molecule has 1 saturated heterocycles. The van der Waals surface area contributed by atoms with Gasteiger partial charge in [-0.15, -0.1) is 0 Å². The minimum Gasteiger partial charge on any atom is -0.367 e. The molecule has 1 aliphatic heterocycles. The summed E-state index contributed by atoms with van der Waals surface area (Å²) >= 11 is 0. The zero-order valence-corrected chi connectivity index (χ0v) is 15.2. The lowest BCUT2D eigenvalue weighted by Gasteiger charge is -2.40. The van der Waals surface area contributed by atoms with Crippen LogP contribution >= 0.6 is 0 Å². The summed E-state index contributed by atoms with van der Waals surface area (Å²) in [5.74, 6) is 0.178. The fourth-order valence-electron chi connectivity index (χ4n) is 3.62. The highest BCUT2D eigenvalue weighted by atomic mass is 16.5. The van der Waals surface area contributed by atoms with E-state index in [1.54, 1.807) is 4.68 Å². The summed E-state index contributed by atoms with van der Waals surface area (Å²) in [6.07, 6.45) is 6.98. The summed E-state index contributed by atoms with van der Waals surface area (Å²) in [6, 6.07) is 8.37. The van der Waals surface area contributed by atoms with Crippen LogP contribution in [0.2, 0.25) is 0 Å². The number of morpholine rings is 1. The second kappa shape index (κ2) is 6.61. The van der Waals surface area contributed by atoms with Crippen LogP contribution in [-0.2, 0) is 28.6 Å². The van der Waals surface area contributed by atoms with Gasteiger partial charge in [0.05, 0.1) is 19.3 Å². The quantitative estimate of drug-likeness (QED) is 0.785. The molecule has 0 bridgehead atoms. The van der Waals surface area contributed by atoms with Crippen molar-refractivity contribution in [1.29, 1.82) is 0 Å². The molecule has 0 aliphatic carbocycles. The number of aromatic amines is 1. The molecule has 1 fully saturated rings. The van der Waals surface area contributed by atoms with E-state index in [1.165, 1.54) is 10.9 Å². The fraction of sp³-hybridized carbons (Fsp3) is 0.400. The predicted molar refractivity (Wildman–Crippen MR) is 99.7 cm³/mol. The Morgan fingerprint density at radius 2 is 2.27 bits per heavy atom. The summed E-state index contributed by atoms with van der Waals surface area (Å²) in [6.45, 7) is 3.79. The van der Waals surface area contributed by atoms with Crippen molar-refractivity contribution < 1.29 is 9.53 Å². The van der Waals surface area contributed by atoms with Crippen LogP contribution in [0.1, 0.15) is 24.5 Å². The Hall–Kier alpha value is -2.60. The number of hydrogen-bond donors (Lipinski definition) is 1. The van der Waals surface area contributed by atoms with Crippen LogP contribution in [0.3, 0.4) is 0 Å². The van der Waals surface area contributed by atoms with Gasteiger partial charge in [-0.05, 0) is 42.5 Å². The topological polar surface area (TPSA) is 63.2 Å². The molecule has 1 unspecified atom stereocenters. The molecule has 2 aromatic heterocycles. The van der Waals surface area contributed by atoms with Crippen molar-refractivity contribution in [2.24, 2.45) is 7.05 Å². The first-order chi connectivity index (χ1) is 12.5. The molecule has 26 heavy (non-hydrogen) atoms. The highest BCUT2D eigenvalue weighted by molar-refractivity contribution is 5.80. The molecule has 1 atom stereocenters. The number of aromatic nitrogens is 3. The van der Waals surface area contributed by atoms with Crippen LogP contribution in [-0.4, -0.2) is 45.3 Å². The highest BCUT2D eigenvalue weighted by Gasteiger charge is 2.36. The molecule has 0 saturated carbocycles. The van der Waals surface area contributed by atoms with Gasteiger partial charge in [-0.1, -0.05) is 6.07 Å². The first kappa shape index (κ1) is 16.8. The molecule has 1 aromatic carbocycles. The maximum Gasteiger partial charge on any atom is 0.223 e. The standard InChI is InChI=1S/C20H24N4O2/c1-20(17-12-22-23(2)13-17)14-24(9-10-26-20)19(25)6-4-15-3-5-18-16(11-15)7-8-21-18/h3,5,7-8,11-13,21H,4,6,9-10,14H2,1-2H3. The average molecular weight is 352 g/mol. The third-order valence-corrected chi connectivity index (χ3v) is 5.19. The zero-order valence-electron chi connectivity index (χ0n) is 15.2. The summed E-state index contributed by atoms with van der Waals surface area (Å²) in [5.41, 5.74) is 2.83. The summed E-state index contributed by atoms with van der Waals surface area (Å²) in [4.78, 5) is 17.9. The predicted octanol–water partition coefficient (Wildman–Crippen LogP) is 2.61. The molecular weight excluding hydrogens is 328 g/mol. The SMILES string of the molecule is Cn1cc(C2(C)CN(C(=O)CCc3ccc4[nH]ccc4c3)CCO2)cn1. The molecule has 3 heterocycles. The number of nitrogens with one attached hydrogen (secondary N) is 1. The lowest BCUT2D eigenvalue weighted by atomic mass is 9.96. The van der Waals surface area contributed by atoms with E-state index >= 15 is 0 Å². The third-order valence-electron chi connectivity index (χ3n) is 5.19. The molecule has 0 spiro atoms. The van der Waals surface area contributed by atoms with Gasteiger partial charge in [-0.2, -0.15) is 5.10 Å². The number of carbonyl (C=O) groups is 1. The van der Waals surface area contributed by atoms with Crippen LogP contribution < -0.4 is 0 Å². The van der Waals surface area contributed by atoms with E-state index in [1.807, 2.05) is 37.5 Å². The number of ether oxygens (including phenoxy) is 1. The lowest BCUT2D eigenvalue weighted by molar-refractivity contribution is -0.149. The van der Waals surface area contributed by atoms with Gasteiger partial charge in [-0.3, -0.25) is 9.48 Å². The van der Waals surface area contributed by atoms with E-state index in [0.29, 0.717) is 26.1 Å². The Balaban J connectivity index is 1.41. The monoisotopic (exact) mass is 352 g/mol. The number of nitrogens with zero attached hydrogens (tertiary/aromatic N) is 3. The van der Waals surface area contributed by atoms with Crippen LogP contribution in [0.5, 0.6) is 0 Å². The number of hydrogen-bond acceptors (Lipinski definition) is 3. The number of amides is 1. The number of fused-ring (bicyclic) bond motifs is 1. The molecular formula is C20H24N4O2. The van der Waals surface area contributed by atoms with Crippen LogP contribution in [0, 0.1) is 0 Å². The fourth-order valence-corrected chi connectivity index (χ4v) is 3.62. The van der Waals surface area contributed by atoms with Crippen molar-refractivity contribution in [2.45, 2.75) is 25.4 Å². The minimum absolute atomic E-state index is 0.178. The van der Waals surface area contributed by atoms with Crippen molar-refractivity contribution in [2.75, 3.05) is 19.7 Å². The average Bonchev–Trinajstić information content (AvgIpc) is 3.28. The molecule has 6 nitrogen and oxygen atoms in total. The van der Waals surface area contributed by atoms with Gasteiger partial charge in [-0.25, -0.2) is 0 Å². The Morgan fingerprint density at radius 1 is 1.38 bits per heavy atom. The largest absolute Gasteiger partial charge is 0.367 e. The van der Waals surface area contributed by atoms with E-state index in [0.717, 1.165) is 17.5 Å². The molecule has 6 heteroatoms. The molecule has 1 N–H and O–H groups in total. The highest BCUT2D eigenvalue weighted by Crippen LogP contribution is 2.29. The molecule has 3 aromatic rings. The zero-order chi connectivity index (χ0) is 18.1. The second-order valence-corrected chi connectivity index (χ2v) is 7.20. The first-order valence-corrected chi connectivity index (χ1v) is 9.00. The van der Waals surface area contributed by atoms with E-state index in [9.17, 15) is 4.79 Å². The molecule has 4 rings (SSSR count). The molecule has 0 radical (unpaired) electrons. The molecule has 1 amide bonds. The number of rotatable bonds is 4. The third kappa shape index (κ3) is 3.24. The van der Waals surface area contributed by atoms with E-state index in [2.05, 4.69) is 34.3 Å². The summed E-state index contributed by atoms with van der Waals surface area (Å²) in [7, 11) is 1.89. The van der Waals surface area contributed by atoms with Crippen molar-refractivity contribution in [3.8, 4) is 0 Å². The number of aryl methyl sites for hydroxylation is 2. The normalized spacial score (nSPS) is 20.6. The Kier molecular flexibility index (Phi) is 4.28. The maximum absolute atomic E-state index is 12.8. The summed E-state index contributed by atoms with van der Waals surface area (Å²) < 4.78 is 7.76. The van der Waals surface area contributed by atoms with Crippen molar-refractivity contribution in [3.63, 3.8) is 0 Å². The van der Waals surface area contributed by atoms with E-state index in [-0.39, 0.29) is 5.91 Å². The van der Waals surface area contributed by atoms with E-state index < -0.39 is 5.60 Å². The minimum atomic E-state index is -0.494. The van der Waals surface area contributed by atoms with Crippen molar-refractivity contribution >= 4 is 16.8 Å². The first-order valence-electron chi connectivity index (χ1n) is 9.00. The van der Waals surface area contributed by atoms with Gasteiger partial charge >= 0.3 is 0 Å². The summed E-state index contributed by atoms with van der Waals surface area (Å²) in [5, 5.41) is 5.42. The van der Waals surface area contributed by atoms with Crippen LogP contribution in [0.15, 0.2) is 42.9 Å². The Bertz CT molecular complexity index is 929. The van der Waals surface area contributed by atoms with Gasteiger partial charge in [0.2, 0.25) is 5.91 Å². The molecule has 1 aliphatic rings. The van der Waals surface area contributed by atoms with Crippen molar-refractivity contribution in [3.05, 3.63) is 54.0 Å². The Morgan fingerprint density at radius 3 is 3.08 bits per heavy atom. The van der Waals surface area contributed by atoms with Crippen molar-refractivity contribution in [1.82, 2.24) is 19.7 Å². The second-order valence-electron chi connectivity index (χ2n) is 7.20. The number of benzene rings is 1. The lowest BCUT2D eigenvalue weighted by Crippen LogP contribution is -2.50. The van der Waals surface area contributed by atoms with Gasteiger partial charge in [0, 0.05) is 43.5 Å². The van der Waals surface area contributed by atoms with Crippen LogP contribution in [0.4, 0.5) is 0 Å². The Labute approximate surface area is 152 Å². The van der Waals surface area contributed by atoms with Gasteiger partial charge < -0.3 is 14.6 Å². The van der Waals surface area contributed by atoms with Gasteiger partial charge in [0.25, 0.3) is 0 Å². The number of carbonyl (C=O) groups excluding carboxylic acids is 1.